The summed E-state index contributed by atoms with van der Waals surface area (Å²) in [5.41, 5.74) is 3.28. The average molecular weight is 250 g/mol. The van der Waals surface area contributed by atoms with Crippen LogP contribution in [0, 0.1) is 0 Å². The standard InChI is InChI=1S/C16H26O2/c1-15(2,3)12-9-13(16(4,5)6)14(17)8-11(12)10-18-7/h8-9,17H,10H2,1-7H3. The van der Waals surface area contributed by atoms with Crippen molar-refractivity contribution < 1.29 is 9.84 Å². The zero-order valence-electron chi connectivity index (χ0n) is 12.7. The molecule has 0 heterocycles. The minimum absolute atomic E-state index is 0.0432. The van der Waals surface area contributed by atoms with Crippen LogP contribution in [-0.2, 0) is 22.2 Å². The van der Waals surface area contributed by atoms with Gasteiger partial charge in [0.05, 0.1) is 6.61 Å². The Bertz CT molecular complexity index is 420. The van der Waals surface area contributed by atoms with Crippen molar-refractivity contribution in [1.29, 1.82) is 0 Å². The molecule has 0 radical (unpaired) electrons. The van der Waals surface area contributed by atoms with Crippen LogP contribution in [0.2, 0.25) is 0 Å². The summed E-state index contributed by atoms with van der Waals surface area (Å²) in [6.45, 7) is 13.4. The largest absolute Gasteiger partial charge is 0.508 e. The van der Waals surface area contributed by atoms with Crippen molar-refractivity contribution in [2.75, 3.05) is 7.11 Å². The van der Waals surface area contributed by atoms with Crippen LogP contribution < -0.4 is 0 Å². The van der Waals surface area contributed by atoms with Crippen LogP contribution in [0.25, 0.3) is 0 Å². The first-order valence-electron chi connectivity index (χ1n) is 6.43. The van der Waals surface area contributed by atoms with Crippen LogP contribution in [0.1, 0.15) is 58.2 Å². The SMILES string of the molecule is COCc1cc(O)c(C(C)(C)C)cc1C(C)(C)C. The van der Waals surface area contributed by atoms with Crippen molar-refractivity contribution in [3.63, 3.8) is 0 Å². The number of ether oxygens (including phenoxy) is 1. The number of benzene rings is 1. The van der Waals surface area contributed by atoms with E-state index in [0.717, 1.165) is 11.1 Å². The number of phenolic OH excluding ortho intramolecular Hbond substituents is 1. The van der Waals surface area contributed by atoms with Gasteiger partial charge in [0.2, 0.25) is 0 Å². The van der Waals surface area contributed by atoms with Crippen LogP contribution in [0.4, 0.5) is 0 Å². The first-order chi connectivity index (χ1) is 8.07. The molecule has 0 amide bonds. The second kappa shape index (κ2) is 4.93. The van der Waals surface area contributed by atoms with Gasteiger partial charge in [0.15, 0.2) is 0 Å². The third-order valence-electron chi connectivity index (χ3n) is 3.14. The van der Waals surface area contributed by atoms with E-state index < -0.39 is 0 Å². The average Bonchev–Trinajstić information content (AvgIpc) is 2.13. The molecule has 1 rings (SSSR count). The summed E-state index contributed by atoms with van der Waals surface area (Å²) < 4.78 is 5.23. The summed E-state index contributed by atoms with van der Waals surface area (Å²) >= 11 is 0. The van der Waals surface area contributed by atoms with Gasteiger partial charge >= 0.3 is 0 Å². The minimum atomic E-state index is -0.0598. The Hall–Kier alpha value is -1.02. The summed E-state index contributed by atoms with van der Waals surface area (Å²) in [4.78, 5) is 0. The second-order valence-corrected chi connectivity index (χ2v) is 6.96. The van der Waals surface area contributed by atoms with Crippen molar-refractivity contribution in [3.05, 3.63) is 28.8 Å². The number of phenols is 1. The number of aromatic hydroxyl groups is 1. The molecule has 2 nitrogen and oxygen atoms in total. The normalized spacial score (nSPS) is 12.8. The lowest BCUT2D eigenvalue weighted by Crippen LogP contribution is -2.19. The van der Waals surface area contributed by atoms with Gasteiger partial charge in [0.25, 0.3) is 0 Å². The molecule has 0 atom stereocenters. The van der Waals surface area contributed by atoms with E-state index in [-0.39, 0.29) is 10.8 Å². The Kier molecular flexibility index (Phi) is 4.12. The van der Waals surface area contributed by atoms with E-state index in [1.807, 2.05) is 6.07 Å². The van der Waals surface area contributed by atoms with E-state index in [2.05, 4.69) is 47.6 Å². The van der Waals surface area contributed by atoms with Crippen molar-refractivity contribution in [2.45, 2.75) is 59.0 Å². The lowest BCUT2D eigenvalue weighted by molar-refractivity contribution is 0.182. The van der Waals surface area contributed by atoms with Crippen molar-refractivity contribution in [2.24, 2.45) is 0 Å². The molecule has 0 saturated carbocycles. The maximum Gasteiger partial charge on any atom is 0.119 e. The van der Waals surface area contributed by atoms with Crippen LogP contribution in [0.3, 0.4) is 0 Å². The van der Waals surface area contributed by atoms with Crippen molar-refractivity contribution >= 4 is 0 Å². The summed E-state index contributed by atoms with van der Waals surface area (Å²) in [7, 11) is 1.68. The van der Waals surface area contributed by atoms with Gasteiger partial charge < -0.3 is 9.84 Å². The fourth-order valence-electron chi connectivity index (χ4n) is 2.21. The molecule has 0 aromatic heterocycles. The number of methoxy groups -OCH3 is 1. The Balaban J connectivity index is 3.46. The monoisotopic (exact) mass is 250 g/mol. The molecular weight excluding hydrogens is 224 g/mol. The Morgan fingerprint density at radius 3 is 1.83 bits per heavy atom. The third-order valence-corrected chi connectivity index (χ3v) is 3.14. The van der Waals surface area contributed by atoms with Gasteiger partial charge in [-0.2, -0.15) is 0 Å². The molecule has 0 fully saturated rings. The van der Waals surface area contributed by atoms with Crippen molar-refractivity contribution in [3.8, 4) is 5.75 Å². The highest BCUT2D eigenvalue weighted by Gasteiger charge is 2.25. The third kappa shape index (κ3) is 3.26. The molecule has 0 spiro atoms. The maximum atomic E-state index is 10.2. The number of hydrogen-bond donors (Lipinski definition) is 1. The van der Waals surface area contributed by atoms with E-state index in [1.165, 1.54) is 5.56 Å². The van der Waals surface area contributed by atoms with Gasteiger partial charge in [-0.3, -0.25) is 0 Å². The molecule has 18 heavy (non-hydrogen) atoms. The minimum Gasteiger partial charge on any atom is -0.508 e. The maximum absolute atomic E-state index is 10.2. The van der Waals surface area contributed by atoms with Gasteiger partial charge in [-0.15, -0.1) is 0 Å². The smallest absolute Gasteiger partial charge is 0.119 e. The molecular formula is C16H26O2. The van der Waals surface area contributed by atoms with E-state index in [4.69, 9.17) is 4.74 Å². The summed E-state index contributed by atoms with van der Waals surface area (Å²) in [6, 6.07) is 3.98. The molecule has 1 aromatic carbocycles. The van der Waals surface area contributed by atoms with Crippen LogP contribution in [-0.4, -0.2) is 12.2 Å². The molecule has 0 aliphatic rings. The number of hydrogen-bond acceptors (Lipinski definition) is 2. The van der Waals surface area contributed by atoms with Crippen LogP contribution in [0.5, 0.6) is 5.75 Å². The molecule has 2 heteroatoms. The van der Waals surface area contributed by atoms with Crippen molar-refractivity contribution in [1.82, 2.24) is 0 Å². The number of rotatable bonds is 2. The molecule has 1 N–H and O–H groups in total. The predicted octanol–water partition coefficient (Wildman–Crippen LogP) is 4.13. The molecule has 0 unspecified atom stereocenters. The Morgan fingerprint density at radius 2 is 1.44 bits per heavy atom. The molecule has 102 valence electrons. The summed E-state index contributed by atoms with van der Waals surface area (Å²) in [5, 5.41) is 10.2. The van der Waals surface area contributed by atoms with Gasteiger partial charge in [-0.25, -0.2) is 0 Å². The highest BCUT2D eigenvalue weighted by molar-refractivity contribution is 5.47. The first kappa shape index (κ1) is 15.0. The quantitative estimate of drug-likeness (QED) is 0.855. The highest BCUT2D eigenvalue weighted by Crippen LogP contribution is 2.37. The van der Waals surface area contributed by atoms with Gasteiger partial charge in [-0.1, -0.05) is 47.6 Å². The fourth-order valence-corrected chi connectivity index (χ4v) is 2.21. The Morgan fingerprint density at radius 1 is 0.944 bits per heavy atom. The summed E-state index contributed by atoms with van der Waals surface area (Å²) in [5.74, 6) is 0.363. The highest BCUT2D eigenvalue weighted by atomic mass is 16.5. The van der Waals surface area contributed by atoms with E-state index in [0.29, 0.717) is 12.4 Å². The lowest BCUT2D eigenvalue weighted by Gasteiger charge is -2.28. The Labute approximate surface area is 111 Å². The molecule has 0 aliphatic carbocycles. The molecule has 1 aromatic rings. The summed E-state index contributed by atoms with van der Waals surface area (Å²) in [6.07, 6.45) is 0. The van der Waals surface area contributed by atoms with E-state index >= 15 is 0 Å². The molecule has 0 aliphatic heterocycles. The van der Waals surface area contributed by atoms with Crippen LogP contribution >= 0.6 is 0 Å². The van der Waals surface area contributed by atoms with E-state index in [9.17, 15) is 5.11 Å². The molecule has 0 saturated heterocycles. The predicted molar refractivity (Wildman–Crippen MR) is 76.2 cm³/mol. The lowest BCUT2D eigenvalue weighted by atomic mass is 9.78. The first-order valence-corrected chi connectivity index (χ1v) is 6.43. The fraction of sp³-hybridized carbons (Fsp3) is 0.625. The van der Waals surface area contributed by atoms with Crippen LogP contribution in [0.15, 0.2) is 12.1 Å². The van der Waals surface area contributed by atoms with Gasteiger partial charge in [0.1, 0.15) is 5.75 Å². The topological polar surface area (TPSA) is 29.5 Å². The van der Waals surface area contributed by atoms with Gasteiger partial charge in [-0.05, 0) is 33.6 Å². The van der Waals surface area contributed by atoms with Gasteiger partial charge in [0, 0.05) is 7.11 Å². The van der Waals surface area contributed by atoms with E-state index in [1.54, 1.807) is 7.11 Å². The second-order valence-electron chi connectivity index (χ2n) is 6.96. The molecule has 0 bridgehead atoms. The zero-order valence-corrected chi connectivity index (χ0v) is 12.7. The zero-order chi connectivity index (χ0) is 14.1.